The summed E-state index contributed by atoms with van der Waals surface area (Å²) in [5.41, 5.74) is 3.11. The van der Waals surface area contributed by atoms with Crippen molar-refractivity contribution < 1.29 is 0 Å². The zero-order chi connectivity index (χ0) is 15.6. The fourth-order valence-electron chi connectivity index (χ4n) is 3.87. The smallest absolute Gasteiger partial charge is 0.205 e. The Labute approximate surface area is 142 Å². The van der Waals surface area contributed by atoms with Crippen LogP contribution in [-0.4, -0.2) is 40.4 Å². The van der Waals surface area contributed by atoms with Gasteiger partial charge < -0.3 is 4.90 Å². The molecule has 1 aromatic heterocycles. The molecule has 1 atom stereocenters. The monoisotopic (exact) mass is 328 g/mol. The van der Waals surface area contributed by atoms with Gasteiger partial charge in [0.15, 0.2) is 0 Å². The van der Waals surface area contributed by atoms with Gasteiger partial charge in [-0.25, -0.2) is 4.98 Å². The second kappa shape index (κ2) is 6.57. The SMILES string of the molecule is CCc1nsc(N2CCCN([C@@H]3CCc4ccccc43)CC2)n1. The zero-order valence-corrected chi connectivity index (χ0v) is 14.6. The molecule has 1 fully saturated rings. The fourth-order valence-corrected chi connectivity index (χ4v) is 4.67. The second-order valence-corrected chi connectivity index (χ2v) is 7.21. The van der Waals surface area contributed by atoms with E-state index in [-0.39, 0.29) is 0 Å². The summed E-state index contributed by atoms with van der Waals surface area (Å²) in [6.07, 6.45) is 4.64. The minimum Gasteiger partial charge on any atom is -0.346 e. The van der Waals surface area contributed by atoms with Crippen molar-refractivity contribution in [1.29, 1.82) is 0 Å². The molecule has 1 aliphatic heterocycles. The molecule has 4 nitrogen and oxygen atoms in total. The van der Waals surface area contributed by atoms with Crippen LogP contribution in [0.4, 0.5) is 5.13 Å². The summed E-state index contributed by atoms with van der Waals surface area (Å²) in [6, 6.07) is 9.61. The van der Waals surface area contributed by atoms with Crippen LogP contribution in [0.25, 0.3) is 0 Å². The minimum atomic E-state index is 0.617. The predicted octanol–water partition coefficient (Wildman–Crippen LogP) is 3.30. The topological polar surface area (TPSA) is 32.3 Å². The Morgan fingerprint density at radius 1 is 1.17 bits per heavy atom. The van der Waals surface area contributed by atoms with Gasteiger partial charge >= 0.3 is 0 Å². The van der Waals surface area contributed by atoms with E-state index in [1.54, 1.807) is 22.7 Å². The van der Waals surface area contributed by atoms with E-state index in [0.717, 1.165) is 37.0 Å². The third kappa shape index (κ3) is 3.00. The van der Waals surface area contributed by atoms with Crippen molar-refractivity contribution in [2.45, 2.75) is 38.6 Å². The third-order valence-corrected chi connectivity index (χ3v) is 5.93. The molecule has 2 aliphatic rings. The molecule has 23 heavy (non-hydrogen) atoms. The van der Waals surface area contributed by atoms with Crippen LogP contribution in [0.3, 0.4) is 0 Å². The number of hydrogen-bond acceptors (Lipinski definition) is 5. The molecule has 0 bridgehead atoms. The van der Waals surface area contributed by atoms with E-state index in [9.17, 15) is 0 Å². The highest BCUT2D eigenvalue weighted by Crippen LogP contribution is 2.36. The van der Waals surface area contributed by atoms with E-state index in [1.165, 1.54) is 25.8 Å². The zero-order valence-electron chi connectivity index (χ0n) is 13.7. The van der Waals surface area contributed by atoms with Crippen LogP contribution in [-0.2, 0) is 12.8 Å². The molecule has 122 valence electrons. The van der Waals surface area contributed by atoms with E-state index in [4.69, 9.17) is 0 Å². The van der Waals surface area contributed by atoms with Crippen LogP contribution in [0.1, 0.15) is 42.8 Å². The standard InChI is InChI=1S/C18H24N4S/c1-2-17-19-18(23-20-17)22-11-5-10-21(12-13-22)16-9-8-14-6-3-4-7-15(14)16/h3-4,6-7,16H,2,5,8-13H2,1H3/t16-/m1/s1. The maximum absolute atomic E-state index is 4.67. The molecule has 0 spiro atoms. The van der Waals surface area contributed by atoms with Gasteiger partial charge in [-0.05, 0) is 30.4 Å². The quantitative estimate of drug-likeness (QED) is 0.865. The number of anilines is 1. The first-order valence-electron chi connectivity index (χ1n) is 8.74. The number of nitrogens with zero attached hydrogens (tertiary/aromatic N) is 4. The van der Waals surface area contributed by atoms with E-state index in [0.29, 0.717) is 6.04 Å². The molecule has 2 heterocycles. The van der Waals surface area contributed by atoms with E-state index in [1.807, 2.05) is 0 Å². The molecule has 0 amide bonds. The van der Waals surface area contributed by atoms with Gasteiger partial charge in [0.1, 0.15) is 5.82 Å². The summed E-state index contributed by atoms with van der Waals surface area (Å²) in [6.45, 7) is 6.60. The maximum atomic E-state index is 4.67. The molecule has 1 saturated heterocycles. The summed E-state index contributed by atoms with van der Waals surface area (Å²) in [5, 5.41) is 1.11. The van der Waals surface area contributed by atoms with Crippen LogP contribution in [0, 0.1) is 0 Å². The van der Waals surface area contributed by atoms with Crippen molar-refractivity contribution in [1.82, 2.24) is 14.3 Å². The molecule has 4 rings (SSSR count). The largest absolute Gasteiger partial charge is 0.346 e. The Bertz CT molecular complexity index is 669. The number of fused-ring (bicyclic) bond motifs is 1. The molecular formula is C18H24N4S. The number of benzene rings is 1. The summed E-state index contributed by atoms with van der Waals surface area (Å²) in [7, 11) is 0. The lowest BCUT2D eigenvalue weighted by Crippen LogP contribution is -2.32. The molecule has 1 aromatic carbocycles. The number of aryl methyl sites for hydroxylation is 2. The van der Waals surface area contributed by atoms with Crippen LogP contribution < -0.4 is 4.90 Å². The molecule has 5 heteroatoms. The normalized spacial score (nSPS) is 22.1. The lowest BCUT2D eigenvalue weighted by Gasteiger charge is -2.28. The Hall–Kier alpha value is -1.46. The highest BCUT2D eigenvalue weighted by Gasteiger charge is 2.29. The summed E-state index contributed by atoms with van der Waals surface area (Å²) in [5.74, 6) is 0.982. The van der Waals surface area contributed by atoms with Crippen molar-refractivity contribution in [3.05, 3.63) is 41.2 Å². The van der Waals surface area contributed by atoms with Gasteiger partial charge in [0.2, 0.25) is 5.13 Å². The molecular weight excluding hydrogens is 304 g/mol. The molecule has 2 aromatic rings. The predicted molar refractivity (Wildman–Crippen MR) is 95.2 cm³/mol. The van der Waals surface area contributed by atoms with Gasteiger partial charge in [-0.3, -0.25) is 4.90 Å². The summed E-state index contributed by atoms with van der Waals surface area (Å²) >= 11 is 1.56. The van der Waals surface area contributed by atoms with Crippen molar-refractivity contribution in [2.24, 2.45) is 0 Å². The number of rotatable bonds is 3. The average Bonchev–Trinajstić information content (AvgIpc) is 3.17. The van der Waals surface area contributed by atoms with Crippen LogP contribution in [0.5, 0.6) is 0 Å². The van der Waals surface area contributed by atoms with Gasteiger partial charge in [-0.2, -0.15) is 4.37 Å². The van der Waals surface area contributed by atoms with Crippen molar-refractivity contribution in [2.75, 3.05) is 31.1 Å². The highest BCUT2D eigenvalue weighted by molar-refractivity contribution is 7.09. The number of aromatic nitrogens is 2. The van der Waals surface area contributed by atoms with Crippen molar-refractivity contribution in [3.8, 4) is 0 Å². The Balaban J connectivity index is 1.46. The molecule has 0 saturated carbocycles. The summed E-state index contributed by atoms with van der Waals surface area (Å²) < 4.78 is 4.44. The maximum Gasteiger partial charge on any atom is 0.205 e. The van der Waals surface area contributed by atoms with E-state index < -0.39 is 0 Å². The van der Waals surface area contributed by atoms with Crippen LogP contribution in [0.15, 0.2) is 24.3 Å². The lowest BCUT2D eigenvalue weighted by molar-refractivity contribution is 0.211. The molecule has 0 unspecified atom stereocenters. The first kappa shape index (κ1) is 15.1. The fraction of sp³-hybridized carbons (Fsp3) is 0.556. The van der Waals surface area contributed by atoms with Crippen molar-refractivity contribution in [3.63, 3.8) is 0 Å². The first-order valence-corrected chi connectivity index (χ1v) is 9.52. The number of hydrogen-bond donors (Lipinski definition) is 0. The van der Waals surface area contributed by atoms with Gasteiger partial charge in [-0.1, -0.05) is 31.2 Å². The third-order valence-electron chi connectivity index (χ3n) is 5.12. The Morgan fingerprint density at radius 3 is 2.96 bits per heavy atom. The Morgan fingerprint density at radius 2 is 2.09 bits per heavy atom. The van der Waals surface area contributed by atoms with Gasteiger partial charge in [0, 0.05) is 50.2 Å². The van der Waals surface area contributed by atoms with E-state index in [2.05, 4.69) is 50.3 Å². The lowest BCUT2D eigenvalue weighted by atomic mass is 10.1. The van der Waals surface area contributed by atoms with Crippen LogP contribution in [0.2, 0.25) is 0 Å². The summed E-state index contributed by atoms with van der Waals surface area (Å²) in [4.78, 5) is 9.78. The average molecular weight is 328 g/mol. The van der Waals surface area contributed by atoms with Gasteiger partial charge in [0.25, 0.3) is 0 Å². The Kier molecular flexibility index (Phi) is 4.31. The van der Waals surface area contributed by atoms with E-state index >= 15 is 0 Å². The second-order valence-electron chi connectivity index (χ2n) is 6.48. The minimum absolute atomic E-state index is 0.617. The van der Waals surface area contributed by atoms with Crippen molar-refractivity contribution >= 4 is 16.7 Å². The first-order chi connectivity index (χ1) is 11.3. The van der Waals surface area contributed by atoms with Gasteiger partial charge in [-0.15, -0.1) is 0 Å². The highest BCUT2D eigenvalue weighted by atomic mass is 32.1. The van der Waals surface area contributed by atoms with Gasteiger partial charge in [0.05, 0.1) is 0 Å². The van der Waals surface area contributed by atoms with Crippen LogP contribution >= 0.6 is 11.5 Å². The molecule has 0 N–H and O–H groups in total. The molecule has 1 aliphatic carbocycles. The molecule has 0 radical (unpaired) electrons.